The third-order valence-electron chi connectivity index (χ3n) is 4.35. The molecule has 0 aliphatic rings. The highest BCUT2D eigenvalue weighted by atomic mass is 16.5. The molecule has 0 aromatic heterocycles. The lowest BCUT2D eigenvalue weighted by molar-refractivity contribution is -0.155. The van der Waals surface area contributed by atoms with E-state index < -0.39 is 18.7 Å². The fraction of sp³-hybridized carbons (Fsp3) is 0.857. The van der Waals surface area contributed by atoms with E-state index in [-0.39, 0.29) is 0 Å². The van der Waals surface area contributed by atoms with Gasteiger partial charge in [0.25, 0.3) is 0 Å². The number of ether oxygens (including phenoxy) is 1. The topological polar surface area (TPSA) is 66.8 Å². The molecule has 0 bridgehead atoms. The third-order valence-corrected chi connectivity index (χ3v) is 4.35. The highest BCUT2D eigenvalue weighted by molar-refractivity contribution is 5.74. The number of aliphatic hydroxyl groups excluding tert-OH is 2. The first-order valence-electron chi connectivity index (χ1n) is 10.3. The average Bonchev–Trinajstić information content (AvgIpc) is 2.63. The number of carbonyl (C=O) groups excluding carboxylic acids is 1. The van der Waals surface area contributed by atoms with Crippen molar-refractivity contribution in [2.24, 2.45) is 0 Å². The molecule has 0 aromatic carbocycles. The van der Waals surface area contributed by atoms with Crippen molar-refractivity contribution < 1.29 is 19.7 Å². The van der Waals surface area contributed by atoms with Gasteiger partial charge < -0.3 is 14.9 Å². The van der Waals surface area contributed by atoms with Crippen LogP contribution in [0.3, 0.4) is 0 Å². The molecule has 0 amide bonds. The summed E-state index contributed by atoms with van der Waals surface area (Å²) in [4.78, 5) is 11.1. The molecule has 0 saturated carbocycles. The average molecular weight is 357 g/mol. The highest BCUT2D eigenvalue weighted by Crippen LogP contribution is 2.10. The summed E-state index contributed by atoms with van der Waals surface area (Å²) in [5.74, 6) is -0.727. The Morgan fingerprint density at radius 2 is 1.32 bits per heavy atom. The summed E-state index contributed by atoms with van der Waals surface area (Å²) in [7, 11) is 0. The van der Waals surface area contributed by atoms with E-state index >= 15 is 0 Å². The van der Waals surface area contributed by atoms with Gasteiger partial charge in [-0.05, 0) is 32.1 Å². The van der Waals surface area contributed by atoms with E-state index in [1.807, 2.05) is 0 Å². The van der Waals surface area contributed by atoms with Gasteiger partial charge in [0.1, 0.15) is 0 Å². The number of hydrogen-bond acceptors (Lipinski definition) is 4. The predicted molar refractivity (Wildman–Crippen MR) is 104 cm³/mol. The van der Waals surface area contributed by atoms with Crippen LogP contribution in [-0.2, 0) is 9.53 Å². The Bertz CT molecular complexity index is 315. The number of allylic oxidation sites excluding steroid dienone is 2. The van der Waals surface area contributed by atoms with E-state index in [1.165, 1.54) is 70.6 Å². The Morgan fingerprint density at radius 3 is 1.84 bits per heavy atom. The molecule has 0 rings (SSSR count). The Hall–Kier alpha value is -0.870. The summed E-state index contributed by atoms with van der Waals surface area (Å²) in [6.45, 7) is 2.01. The Kier molecular flexibility index (Phi) is 18.8. The van der Waals surface area contributed by atoms with Crippen molar-refractivity contribution in [3.8, 4) is 0 Å². The molecule has 4 nitrogen and oxygen atoms in total. The Balaban J connectivity index is 3.18. The predicted octanol–water partition coefficient (Wildman–Crippen LogP) is 4.92. The molecule has 25 heavy (non-hydrogen) atoms. The second-order valence-electron chi connectivity index (χ2n) is 6.80. The highest BCUT2D eigenvalue weighted by Gasteiger charge is 2.14. The Labute approximate surface area is 154 Å². The molecule has 0 saturated heterocycles. The minimum absolute atomic E-state index is 0.330. The van der Waals surface area contributed by atoms with E-state index in [9.17, 15) is 4.79 Å². The summed E-state index contributed by atoms with van der Waals surface area (Å²) in [6, 6.07) is 0. The zero-order valence-corrected chi connectivity index (χ0v) is 16.3. The molecular formula is C21H40O4. The molecule has 0 heterocycles. The number of unbranched alkanes of at least 4 members (excludes halogenated alkanes) is 12. The molecule has 0 aliphatic carbocycles. The van der Waals surface area contributed by atoms with E-state index in [4.69, 9.17) is 14.9 Å². The zero-order valence-electron chi connectivity index (χ0n) is 16.3. The van der Waals surface area contributed by atoms with Gasteiger partial charge in [0.2, 0.25) is 0 Å². The van der Waals surface area contributed by atoms with Gasteiger partial charge >= 0.3 is 5.97 Å². The number of carbonyl (C=O) groups is 1. The molecule has 2 N–H and O–H groups in total. The quantitative estimate of drug-likeness (QED) is 0.208. The first-order valence-corrected chi connectivity index (χ1v) is 10.3. The van der Waals surface area contributed by atoms with Gasteiger partial charge in [-0.15, -0.1) is 0 Å². The van der Waals surface area contributed by atoms with Gasteiger partial charge in [-0.25, -0.2) is 4.79 Å². The van der Waals surface area contributed by atoms with Gasteiger partial charge in [-0.3, -0.25) is 0 Å². The number of hydrogen-bond donors (Lipinski definition) is 2. The normalized spacial score (nSPS) is 12.6. The fourth-order valence-corrected chi connectivity index (χ4v) is 2.69. The summed E-state index contributed by atoms with van der Waals surface area (Å²) in [5, 5.41) is 17.6. The van der Waals surface area contributed by atoms with Crippen LogP contribution < -0.4 is 0 Å². The molecule has 0 fully saturated rings. The van der Waals surface area contributed by atoms with Crippen LogP contribution in [-0.4, -0.2) is 35.5 Å². The Morgan fingerprint density at radius 1 is 0.840 bits per heavy atom. The van der Waals surface area contributed by atoms with Crippen LogP contribution in [0.15, 0.2) is 12.2 Å². The fourth-order valence-electron chi connectivity index (χ4n) is 2.69. The molecule has 0 aliphatic heterocycles. The molecule has 0 radical (unpaired) electrons. The SMILES string of the molecule is CCCCCCCC/C=C\CCCCCCCCOC(=O)C(O)CO. The first-order chi connectivity index (χ1) is 12.2. The maximum absolute atomic E-state index is 11.1. The molecule has 0 aromatic rings. The lowest BCUT2D eigenvalue weighted by atomic mass is 10.1. The second kappa shape index (κ2) is 19.5. The summed E-state index contributed by atoms with van der Waals surface area (Å²) in [5.41, 5.74) is 0. The van der Waals surface area contributed by atoms with Crippen molar-refractivity contribution in [3.63, 3.8) is 0 Å². The van der Waals surface area contributed by atoms with Gasteiger partial charge in [-0.2, -0.15) is 0 Å². The van der Waals surface area contributed by atoms with Crippen LogP contribution in [0.25, 0.3) is 0 Å². The van der Waals surface area contributed by atoms with Crippen LogP contribution in [0.4, 0.5) is 0 Å². The summed E-state index contributed by atoms with van der Waals surface area (Å²) >= 11 is 0. The van der Waals surface area contributed by atoms with Crippen molar-refractivity contribution in [2.45, 2.75) is 103 Å². The largest absolute Gasteiger partial charge is 0.464 e. The number of aliphatic hydroxyl groups is 2. The first kappa shape index (κ1) is 24.1. The van der Waals surface area contributed by atoms with Gasteiger partial charge in [0, 0.05) is 0 Å². The van der Waals surface area contributed by atoms with Crippen molar-refractivity contribution in [2.75, 3.05) is 13.2 Å². The standard InChI is InChI=1S/C21H40O4/c1-2-3-4-5-6-7-8-9-10-11-12-13-14-15-16-17-18-25-21(24)20(23)19-22/h9-10,20,22-23H,2-8,11-19H2,1H3/b10-9-. The van der Waals surface area contributed by atoms with E-state index in [1.54, 1.807) is 0 Å². The van der Waals surface area contributed by atoms with Crippen molar-refractivity contribution in [1.82, 2.24) is 0 Å². The number of esters is 1. The van der Waals surface area contributed by atoms with E-state index in [0.717, 1.165) is 19.3 Å². The number of rotatable bonds is 18. The minimum Gasteiger partial charge on any atom is -0.464 e. The van der Waals surface area contributed by atoms with Crippen LogP contribution in [0, 0.1) is 0 Å². The van der Waals surface area contributed by atoms with Crippen LogP contribution in [0.2, 0.25) is 0 Å². The van der Waals surface area contributed by atoms with Crippen LogP contribution in [0.1, 0.15) is 96.8 Å². The monoisotopic (exact) mass is 356 g/mol. The van der Waals surface area contributed by atoms with E-state index in [0.29, 0.717) is 6.61 Å². The second-order valence-corrected chi connectivity index (χ2v) is 6.80. The summed E-state index contributed by atoms with van der Waals surface area (Å²) in [6.07, 6.45) is 20.6. The van der Waals surface area contributed by atoms with Gasteiger partial charge in [0.05, 0.1) is 13.2 Å². The van der Waals surface area contributed by atoms with Crippen molar-refractivity contribution in [1.29, 1.82) is 0 Å². The minimum atomic E-state index is -1.39. The van der Waals surface area contributed by atoms with Gasteiger partial charge in [0.15, 0.2) is 6.10 Å². The molecule has 1 atom stereocenters. The zero-order chi connectivity index (χ0) is 18.6. The van der Waals surface area contributed by atoms with Crippen molar-refractivity contribution in [3.05, 3.63) is 12.2 Å². The molecule has 1 unspecified atom stereocenters. The van der Waals surface area contributed by atoms with Gasteiger partial charge in [-0.1, -0.05) is 76.9 Å². The molecule has 4 heteroatoms. The lowest BCUT2D eigenvalue weighted by Gasteiger charge is -2.07. The molecule has 0 spiro atoms. The maximum atomic E-state index is 11.1. The van der Waals surface area contributed by atoms with Crippen LogP contribution in [0.5, 0.6) is 0 Å². The van der Waals surface area contributed by atoms with Crippen molar-refractivity contribution >= 4 is 5.97 Å². The smallest absolute Gasteiger partial charge is 0.337 e. The maximum Gasteiger partial charge on any atom is 0.337 e. The third kappa shape index (κ3) is 17.7. The van der Waals surface area contributed by atoms with E-state index in [2.05, 4.69) is 19.1 Å². The molecule has 148 valence electrons. The lowest BCUT2D eigenvalue weighted by Crippen LogP contribution is -2.26. The van der Waals surface area contributed by atoms with Crippen LogP contribution >= 0.6 is 0 Å². The summed E-state index contributed by atoms with van der Waals surface area (Å²) < 4.78 is 4.86. The molecular weight excluding hydrogens is 316 g/mol.